The van der Waals surface area contributed by atoms with Gasteiger partial charge < -0.3 is 30.7 Å². The number of pyridine rings is 1. The van der Waals surface area contributed by atoms with E-state index in [9.17, 15) is 9.59 Å². The smallest absolute Gasteiger partial charge is 0.249 e. The van der Waals surface area contributed by atoms with Crippen molar-refractivity contribution in [3.05, 3.63) is 78.0 Å². The number of nitrogens with two attached hydrogens (primary N) is 1. The predicted octanol–water partition coefficient (Wildman–Crippen LogP) is 4.89. The zero-order chi connectivity index (χ0) is 28.1. The summed E-state index contributed by atoms with van der Waals surface area (Å²) in [6.45, 7) is 1.72. The number of likely N-dealkylation sites (N-methyl/N-ethyl adjacent to an activating group) is 1. The van der Waals surface area contributed by atoms with Crippen LogP contribution in [0, 0.1) is 0 Å². The summed E-state index contributed by atoms with van der Waals surface area (Å²) in [5, 5.41) is 7.89. The molecule has 0 spiro atoms. The Balaban J connectivity index is 1.69. The summed E-state index contributed by atoms with van der Waals surface area (Å²) in [4.78, 5) is 32.0. The molecule has 202 valence electrons. The third-order valence-corrected chi connectivity index (χ3v) is 6.71. The van der Waals surface area contributed by atoms with Gasteiger partial charge in [0.25, 0.3) is 0 Å². The predicted molar refractivity (Wildman–Crippen MR) is 157 cm³/mol. The number of hydrogen-bond acceptors (Lipinski definition) is 8. The standard InChI is InChI=1S/C29H31N5O4S/c1-17(35)32-21-7-10-26(39)20(14-21)16-34(2)29(36)27(19-5-9-24(37-3)25(15-19)38-4)33-22-6-8-23-18(13-22)11-12-31-28(23)30/h5-15,27,33,39H,16H2,1-4H3,(H2,30,31)(H,32,35). The van der Waals surface area contributed by atoms with Gasteiger partial charge in [0.1, 0.15) is 11.9 Å². The first-order valence-corrected chi connectivity index (χ1v) is 12.6. The lowest BCUT2D eigenvalue weighted by Gasteiger charge is -2.27. The van der Waals surface area contributed by atoms with E-state index in [2.05, 4.69) is 28.2 Å². The summed E-state index contributed by atoms with van der Waals surface area (Å²) in [7, 11) is 4.84. The van der Waals surface area contributed by atoms with Gasteiger partial charge in [0, 0.05) is 48.4 Å². The Bertz CT molecular complexity index is 1530. The number of methoxy groups -OCH3 is 2. The minimum Gasteiger partial charge on any atom is -0.493 e. The number of aromatic nitrogens is 1. The van der Waals surface area contributed by atoms with Crippen LogP contribution in [-0.4, -0.2) is 43.0 Å². The van der Waals surface area contributed by atoms with Gasteiger partial charge >= 0.3 is 0 Å². The van der Waals surface area contributed by atoms with Gasteiger partial charge in [-0.25, -0.2) is 4.98 Å². The number of ether oxygens (including phenoxy) is 2. The van der Waals surface area contributed by atoms with Crippen LogP contribution in [0.1, 0.15) is 24.1 Å². The second-order valence-electron chi connectivity index (χ2n) is 9.04. The second kappa shape index (κ2) is 12.0. The van der Waals surface area contributed by atoms with Gasteiger partial charge in [-0.1, -0.05) is 6.07 Å². The highest BCUT2D eigenvalue weighted by Gasteiger charge is 2.26. The van der Waals surface area contributed by atoms with E-state index in [4.69, 9.17) is 15.2 Å². The number of nitrogens with zero attached hydrogens (tertiary/aromatic N) is 2. The molecule has 4 aromatic rings. The molecular formula is C29H31N5O4S. The molecule has 1 atom stereocenters. The van der Waals surface area contributed by atoms with Crippen LogP contribution in [0.2, 0.25) is 0 Å². The molecular weight excluding hydrogens is 514 g/mol. The monoisotopic (exact) mass is 545 g/mol. The van der Waals surface area contributed by atoms with Crippen molar-refractivity contribution in [2.45, 2.75) is 24.4 Å². The summed E-state index contributed by atoms with van der Waals surface area (Å²) < 4.78 is 10.9. The lowest BCUT2D eigenvalue weighted by molar-refractivity contribution is -0.131. The first kappa shape index (κ1) is 27.6. The van der Waals surface area contributed by atoms with Gasteiger partial charge in [-0.05, 0) is 71.1 Å². The molecule has 0 saturated carbocycles. The largest absolute Gasteiger partial charge is 0.493 e. The zero-order valence-corrected chi connectivity index (χ0v) is 23.1. The van der Waals surface area contributed by atoms with Gasteiger partial charge in [-0.15, -0.1) is 12.6 Å². The van der Waals surface area contributed by atoms with Crippen molar-refractivity contribution in [3.8, 4) is 11.5 Å². The molecule has 39 heavy (non-hydrogen) atoms. The summed E-state index contributed by atoms with van der Waals surface area (Å²) in [6.07, 6.45) is 1.65. The van der Waals surface area contributed by atoms with Crippen LogP contribution >= 0.6 is 12.6 Å². The number of rotatable bonds is 9. The zero-order valence-electron chi connectivity index (χ0n) is 22.2. The van der Waals surface area contributed by atoms with Gasteiger partial charge in [0.05, 0.1) is 14.2 Å². The highest BCUT2D eigenvalue weighted by Crippen LogP contribution is 2.33. The quantitative estimate of drug-likeness (QED) is 0.221. The van der Waals surface area contributed by atoms with Crippen molar-refractivity contribution in [3.63, 3.8) is 0 Å². The van der Waals surface area contributed by atoms with Gasteiger partial charge in [0.15, 0.2) is 11.5 Å². The molecule has 1 heterocycles. The van der Waals surface area contributed by atoms with Crippen LogP contribution in [0.5, 0.6) is 11.5 Å². The minimum absolute atomic E-state index is 0.178. The molecule has 3 aromatic carbocycles. The number of carbonyl (C=O) groups excluding carboxylic acids is 2. The molecule has 0 saturated heterocycles. The number of thiol groups is 1. The van der Waals surface area contributed by atoms with Crippen molar-refractivity contribution in [2.75, 3.05) is 37.6 Å². The Labute approximate surface area is 232 Å². The van der Waals surface area contributed by atoms with E-state index in [1.165, 1.54) is 6.92 Å². The van der Waals surface area contributed by atoms with Crippen molar-refractivity contribution in [1.29, 1.82) is 0 Å². The molecule has 9 nitrogen and oxygen atoms in total. The SMILES string of the molecule is COc1ccc(C(Nc2ccc3c(N)nccc3c2)C(=O)N(C)Cc2cc(NC(C)=O)ccc2S)cc1OC. The molecule has 0 aliphatic rings. The third kappa shape index (κ3) is 6.35. The van der Waals surface area contributed by atoms with E-state index in [1.54, 1.807) is 56.6 Å². The average molecular weight is 546 g/mol. The highest BCUT2D eigenvalue weighted by molar-refractivity contribution is 7.80. The van der Waals surface area contributed by atoms with Crippen LogP contribution in [0.15, 0.2) is 71.8 Å². The Morgan fingerprint density at radius 2 is 1.74 bits per heavy atom. The van der Waals surface area contributed by atoms with Crippen molar-refractivity contribution in [2.24, 2.45) is 0 Å². The molecule has 2 amide bonds. The number of nitrogens with one attached hydrogen (secondary N) is 2. The maximum Gasteiger partial charge on any atom is 0.249 e. The second-order valence-corrected chi connectivity index (χ2v) is 9.52. The summed E-state index contributed by atoms with van der Waals surface area (Å²) >= 11 is 4.56. The topological polar surface area (TPSA) is 119 Å². The highest BCUT2D eigenvalue weighted by atomic mass is 32.1. The summed E-state index contributed by atoms with van der Waals surface area (Å²) in [5.74, 6) is 1.15. The van der Waals surface area contributed by atoms with Crippen LogP contribution in [0.4, 0.5) is 17.2 Å². The fourth-order valence-corrected chi connectivity index (χ4v) is 4.53. The molecule has 4 N–H and O–H groups in total. The van der Waals surface area contributed by atoms with E-state index in [0.29, 0.717) is 33.5 Å². The molecule has 4 rings (SSSR count). The fraction of sp³-hybridized carbons (Fsp3) is 0.207. The van der Waals surface area contributed by atoms with Gasteiger partial charge in [0.2, 0.25) is 11.8 Å². The number of carbonyl (C=O) groups is 2. The molecule has 0 aliphatic heterocycles. The van der Waals surface area contributed by atoms with E-state index < -0.39 is 6.04 Å². The first-order chi connectivity index (χ1) is 18.7. The molecule has 0 bridgehead atoms. The number of fused-ring (bicyclic) bond motifs is 1. The van der Waals surface area contributed by atoms with E-state index in [1.807, 2.05) is 36.4 Å². The van der Waals surface area contributed by atoms with E-state index >= 15 is 0 Å². The van der Waals surface area contributed by atoms with Gasteiger partial charge in [-0.3, -0.25) is 9.59 Å². The Kier molecular flexibility index (Phi) is 8.46. The number of benzene rings is 3. The Morgan fingerprint density at radius 1 is 1.00 bits per heavy atom. The Hall–Kier alpha value is -4.44. The van der Waals surface area contributed by atoms with Crippen molar-refractivity contribution in [1.82, 2.24) is 9.88 Å². The fourth-order valence-electron chi connectivity index (χ4n) is 4.32. The Morgan fingerprint density at radius 3 is 2.46 bits per heavy atom. The number of hydrogen-bond donors (Lipinski definition) is 4. The number of anilines is 3. The number of nitrogen functional groups attached to an aromatic ring is 1. The lowest BCUT2D eigenvalue weighted by atomic mass is 10.0. The summed E-state index contributed by atoms with van der Waals surface area (Å²) in [5.41, 5.74) is 8.87. The molecule has 1 unspecified atom stereocenters. The molecule has 0 aliphatic carbocycles. The molecule has 0 fully saturated rings. The first-order valence-electron chi connectivity index (χ1n) is 12.2. The lowest BCUT2D eigenvalue weighted by Crippen LogP contribution is -2.35. The van der Waals surface area contributed by atoms with E-state index in [0.717, 1.165) is 22.0 Å². The molecule has 1 aromatic heterocycles. The van der Waals surface area contributed by atoms with Crippen LogP contribution in [-0.2, 0) is 16.1 Å². The molecule has 0 radical (unpaired) electrons. The van der Waals surface area contributed by atoms with Crippen LogP contribution in [0.25, 0.3) is 10.8 Å². The number of amides is 2. The van der Waals surface area contributed by atoms with E-state index in [-0.39, 0.29) is 18.4 Å². The average Bonchev–Trinajstić information content (AvgIpc) is 2.92. The van der Waals surface area contributed by atoms with Gasteiger partial charge in [-0.2, -0.15) is 0 Å². The molecule has 10 heteroatoms. The van der Waals surface area contributed by atoms with Crippen LogP contribution in [0.3, 0.4) is 0 Å². The summed E-state index contributed by atoms with van der Waals surface area (Å²) in [6, 6.07) is 17.5. The maximum absolute atomic E-state index is 14.0. The third-order valence-electron chi connectivity index (χ3n) is 6.28. The van der Waals surface area contributed by atoms with Crippen molar-refractivity contribution >= 4 is 52.4 Å². The van der Waals surface area contributed by atoms with Crippen molar-refractivity contribution < 1.29 is 19.1 Å². The van der Waals surface area contributed by atoms with Crippen LogP contribution < -0.4 is 25.8 Å². The minimum atomic E-state index is -0.756. The normalized spacial score (nSPS) is 11.5. The maximum atomic E-state index is 14.0.